The van der Waals surface area contributed by atoms with E-state index in [0.29, 0.717) is 0 Å². The first-order valence-corrected chi connectivity index (χ1v) is 11.6. The smallest absolute Gasteiger partial charge is 0.129 e. The molecule has 0 spiro atoms. The summed E-state index contributed by atoms with van der Waals surface area (Å²) in [6.45, 7) is 10.0. The van der Waals surface area contributed by atoms with Gasteiger partial charge in [0.25, 0.3) is 0 Å². The van der Waals surface area contributed by atoms with Crippen molar-refractivity contribution in [3.63, 3.8) is 0 Å². The van der Waals surface area contributed by atoms with E-state index in [4.69, 9.17) is 10.7 Å². The van der Waals surface area contributed by atoms with Gasteiger partial charge >= 0.3 is 0 Å². The fourth-order valence-corrected chi connectivity index (χ4v) is 4.11. The fraction of sp³-hybridized carbons (Fsp3) is 0.321. The molecule has 2 aromatic carbocycles. The minimum atomic E-state index is 0.771. The molecule has 0 unspecified atom stereocenters. The van der Waals surface area contributed by atoms with Crippen molar-refractivity contribution in [2.45, 2.75) is 20.8 Å². The van der Waals surface area contributed by atoms with E-state index < -0.39 is 0 Å². The molecule has 0 atom stereocenters. The highest BCUT2D eigenvalue weighted by atomic mass is 15.3. The predicted molar refractivity (Wildman–Crippen MR) is 143 cm³/mol. The maximum Gasteiger partial charge on any atom is 0.129 e. The highest BCUT2D eigenvalue weighted by Crippen LogP contribution is 2.25. The van der Waals surface area contributed by atoms with Crippen LogP contribution in [0.3, 0.4) is 0 Å². The molecule has 3 rings (SSSR count). The largest absolute Gasteiger partial charge is 0.402 e. The standard InChI is InChI=1S/C28H37N5/c1-6-23(25-13-10-14-26(19-25)30-4)20-27(33-17-15-32(5)16-18-33)31-22(3)28(21(2)29)24-11-8-7-9-12-24/h6-14,19-20,30H,15-18,29H2,1-5H3/b23-6-,27-20+,28-21+,31-22+. The van der Waals surface area contributed by atoms with Crippen LogP contribution in [0.25, 0.3) is 11.1 Å². The number of allylic oxidation sites excluding steroid dienone is 5. The Bertz CT molecular complexity index is 1050. The second kappa shape index (κ2) is 11.5. The van der Waals surface area contributed by atoms with E-state index in [1.807, 2.05) is 32.2 Å². The maximum absolute atomic E-state index is 6.33. The quantitative estimate of drug-likeness (QED) is 0.463. The van der Waals surface area contributed by atoms with Crippen LogP contribution in [0.2, 0.25) is 0 Å². The number of likely N-dealkylation sites (N-methyl/N-ethyl adjacent to an activating group) is 1. The molecule has 0 aliphatic carbocycles. The summed E-state index contributed by atoms with van der Waals surface area (Å²) in [4.78, 5) is 9.91. The monoisotopic (exact) mass is 443 g/mol. The third-order valence-electron chi connectivity index (χ3n) is 6.01. The number of anilines is 1. The molecule has 1 aliphatic rings. The fourth-order valence-electron chi connectivity index (χ4n) is 4.11. The zero-order chi connectivity index (χ0) is 23.8. The van der Waals surface area contributed by atoms with Crippen molar-refractivity contribution in [3.05, 3.63) is 89.4 Å². The van der Waals surface area contributed by atoms with Crippen molar-refractivity contribution >= 4 is 22.5 Å². The number of nitrogens with two attached hydrogens (primary N) is 1. The summed E-state index contributed by atoms with van der Waals surface area (Å²) >= 11 is 0. The van der Waals surface area contributed by atoms with E-state index in [-0.39, 0.29) is 0 Å². The van der Waals surface area contributed by atoms with Gasteiger partial charge < -0.3 is 20.9 Å². The Morgan fingerprint density at radius 2 is 1.64 bits per heavy atom. The number of benzene rings is 2. The summed E-state index contributed by atoms with van der Waals surface area (Å²) in [6, 6.07) is 18.7. The van der Waals surface area contributed by atoms with Crippen molar-refractivity contribution in [3.8, 4) is 0 Å². The zero-order valence-electron chi connectivity index (χ0n) is 20.6. The second-order valence-electron chi connectivity index (χ2n) is 8.49. The van der Waals surface area contributed by atoms with Crippen LogP contribution in [0.15, 0.2) is 83.3 Å². The Hall–Kier alpha value is -3.31. The molecule has 5 nitrogen and oxygen atoms in total. The van der Waals surface area contributed by atoms with Gasteiger partial charge in [-0.05, 0) is 62.7 Å². The first kappa shape index (κ1) is 24.3. The molecule has 0 bridgehead atoms. The topological polar surface area (TPSA) is 56.9 Å². The van der Waals surface area contributed by atoms with Crippen LogP contribution in [-0.4, -0.2) is 55.8 Å². The van der Waals surface area contributed by atoms with Gasteiger partial charge in [-0.25, -0.2) is 4.99 Å². The lowest BCUT2D eigenvalue weighted by Gasteiger charge is -2.34. The van der Waals surface area contributed by atoms with E-state index in [0.717, 1.165) is 71.4 Å². The first-order valence-electron chi connectivity index (χ1n) is 11.6. The van der Waals surface area contributed by atoms with E-state index in [2.05, 4.69) is 84.6 Å². The lowest BCUT2D eigenvalue weighted by molar-refractivity contribution is 0.185. The average molecular weight is 444 g/mol. The van der Waals surface area contributed by atoms with Crippen molar-refractivity contribution < 1.29 is 0 Å². The van der Waals surface area contributed by atoms with Crippen LogP contribution in [-0.2, 0) is 0 Å². The molecule has 5 heteroatoms. The van der Waals surface area contributed by atoms with E-state index in [1.165, 1.54) is 0 Å². The minimum Gasteiger partial charge on any atom is -0.402 e. The maximum atomic E-state index is 6.33. The van der Waals surface area contributed by atoms with Crippen LogP contribution < -0.4 is 11.1 Å². The first-order chi connectivity index (χ1) is 15.9. The number of hydrogen-bond acceptors (Lipinski definition) is 5. The molecule has 0 radical (unpaired) electrons. The molecule has 2 aromatic rings. The lowest BCUT2D eigenvalue weighted by atomic mass is 10.00. The Kier molecular flexibility index (Phi) is 8.50. The van der Waals surface area contributed by atoms with Gasteiger partial charge in [-0.2, -0.15) is 0 Å². The van der Waals surface area contributed by atoms with Gasteiger partial charge in [-0.3, -0.25) is 0 Å². The van der Waals surface area contributed by atoms with Gasteiger partial charge in [0.2, 0.25) is 0 Å². The molecule has 1 fully saturated rings. The van der Waals surface area contributed by atoms with Crippen LogP contribution in [0, 0.1) is 0 Å². The minimum absolute atomic E-state index is 0.771. The van der Waals surface area contributed by atoms with Gasteiger partial charge in [0.15, 0.2) is 0 Å². The summed E-state index contributed by atoms with van der Waals surface area (Å²) in [5, 5.41) is 3.23. The molecule has 33 heavy (non-hydrogen) atoms. The summed E-state index contributed by atoms with van der Waals surface area (Å²) in [5.74, 6) is 0.971. The van der Waals surface area contributed by atoms with Gasteiger partial charge in [-0.1, -0.05) is 48.5 Å². The molecule has 1 aliphatic heterocycles. The van der Waals surface area contributed by atoms with E-state index in [9.17, 15) is 0 Å². The number of nitrogens with one attached hydrogen (secondary N) is 1. The SMILES string of the molecule is C/C=C(/C=C(\N=C(C)\C(=C(\C)N)c1ccccc1)N1CCN(C)CC1)c1cccc(NC)c1. The third kappa shape index (κ3) is 6.36. The van der Waals surface area contributed by atoms with Gasteiger partial charge in [0.1, 0.15) is 5.82 Å². The molecule has 1 saturated heterocycles. The van der Waals surface area contributed by atoms with Crippen molar-refractivity contribution in [1.29, 1.82) is 0 Å². The van der Waals surface area contributed by atoms with Gasteiger partial charge in [0.05, 0.1) is 0 Å². The third-order valence-corrected chi connectivity index (χ3v) is 6.01. The predicted octanol–water partition coefficient (Wildman–Crippen LogP) is 5.07. The average Bonchev–Trinajstić information content (AvgIpc) is 2.83. The second-order valence-corrected chi connectivity index (χ2v) is 8.49. The highest BCUT2D eigenvalue weighted by molar-refractivity contribution is 6.23. The molecular formula is C28H37N5. The van der Waals surface area contributed by atoms with Crippen molar-refractivity contribution in [1.82, 2.24) is 9.80 Å². The number of hydrogen-bond donors (Lipinski definition) is 2. The van der Waals surface area contributed by atoms with Crippen molar-refractivity contribution in [2.24, 2.45) is 10.7 Å². The van der Waals surface area contributed by atoms with Crippen LogP contribution in [0.5, 0.6) is 0 Å². The van der Waals surface area contributed by atoms with Gasteiger partial charge in [0, 0.05) is 55.9 Å². The number of piperazine rings is 1. The zero-order valence-corrected chi connectivity index (χ0v) is 20.6. The molecule has 0 aromatic heterocycles. The summed E-state index contributed by atoms with van der Waals surface area (Å²) < 4.78 is 0. The Morgan fingerprint density at radius 3 is 2.24 bits per heavy atom. The Morgan fingerprint density at radius 1 is 0.970 bits per heavy atom. The van der Waals surface area contributed by atoms with Crippen LogP contribution >= 0.6 is 0 Å². The summed E-state index contributed by atoms with van der Waals surface area (Å²) in [7, 11) is 4.12. The highest BCUT2D eigenvalue weighted by Gasteiger charge is 2.18. The van der Waals surface area contributed by atoms with E-state index >= 15 is 0 Å². The number of aliphatic imine (C=N–C) groups is 1. The molecular weight excluding hydrogens is 406 g/mol. The number of nitrogens with zero attached hydrogens (tertiary/aromatic N) is 3. The van der Waals surface area contributed by atoms with E-state index in [1.54, 1.807) is 0 Å². The van der Waals surface area contributed by atoms with Crippen molar-refractivity contribution in [2.75, 3.05) is 45.6 Å². The van der Waals surface area contributed by atoms with Crippen LogP contribution in [0.4, 0.5) is 5.69 Å². The molecule has 0 amide bonds. The Balaban J connectivity index is 2.06. The Labute approximate surface area is 199 Å². The van der Waals surface area contributed by atoms with Crippen LogP contribution in [0.1, 0.15) is 31.9 Å². The lowest BCUT2D eigenvalue weighted by Crippen LogP contribution is -2.43. The van der Waals surface area contributed by atoms with Gasteiger partial charge in [-0.15, -0.1) is 0 Å². The number of rotatable bonds is 7. The molecule has 1 heterocycles. The molecule has 3 N–H and O–H groups in total. The normalized spacial score (nSPS) is 17.1. The summed E-state index contributed by atoms with van der Waals surface area (Å²) in [6.07, 6.45) is 4.36. The molecule has 0 saturated carbocycles. The summed E-state index contributed by atoms with van der Waals surface area (Å²) in [5.41, 5.74) is 13.5. The molecule has 174 valence electrons.